The molecule has 1 heterocycles. The van der Waals surface area contributed by atoms with Gasteiger partial charge in [0.05, 0.1) is 12.6 Å². The molecule has 3 amide bonds. The third-order valence-electron chi connectivity index (χ3n) is 5.11. The first kappa shape index (κ1) is 20.9. The third kappa shape index (κ3) is 4.65. The van der Waals surface area contributed by atoms with Gasteiger partial charge in [-0.2, -0.15) is 0 Å². The first-order valence-electron chi connectivity index (χ1n) is 8.79. The summed E-state index contributed by atoms with van der Waals surface area (Å²) in [6.45, 7) is 10.2. The largest absolute Gasteiger partial charge is 0.351 e. The molecule has 0 aromatic heterocycles. The summed E-state index contributed by atoms with van der Waals surface area (Å²) in [5.74, 6) is -1.21. The van der Waals surface area contributed by atoms with Crippen molar-refractivity contribution < 1.29 is 18.8 Å². The lowest BCUT2D eigenvalue weighted by molar-refractivity contribution is -0.144. The van der Waals surface area contributed by atoms with Crippen molar-refractivity contribution >= 4 is 29.3 Å². The first-order chi connectivity index (χ1) is 11.8. The molecule has 2 rings (SSSR count). The summed E-state index contributed by atoms with van der Waals surface area (Å²) in [6.07, 6.45) is -0.0808. The van der Waals surface area contributed by atoms with Crippen molar-refractivity contribution in [2.45, 2.75) is 58.3 Å². The Kier molecular flexibility index (Phi) is 5.87. The Labute approximate surface area is 158 Å². The van der Waals surface area contributed by atoms with Crippen LogP contribution >= 0.6 is 11.6 Å². The zero-order valence-electron chi connectivity index (χ0n) is 15.9. The second-order valence-electron chi connectivity index (χ2n) is 8.65. The number of carbonyl (C=O) groups excluding carboxylic acids is 3. The fourth-order valence-electron chi connectivity index (χ4n) is 3.71. The molecule has 0 radical (unpaired) electrons. The van der Waals surface area contributed by atoms with E-state index in [1.165, 1.54) is 0 Å². The van der Waals surface area contributed by atoms with Crippen molar-refractivity contribution in [2.75, 3.05) is 13.1 Å². The van der Waals surface area contributed by atoms with E-state index in [2.05, 4.69) is 29.9 Å². The molecule has 2 fully saturated rings. The highest BCUT2D eigenvalue weighted by atomic mass is 35.5. The van der Waals surface area contributed by atoms with E-state index >= 15 is 0 Å². The van der Waals surface area contributed by atoms with Gasteiger partial charge in [-0.15, -0.1) is 0 Å². The Balaban J connectivity index is 1.96. The Hall–Kier alpha value is -1.41. The lowest BCUT2D eigenvalue weighted by Gasteiger charge is -2.27. The Morgan fingerprint density at radius 1 is 1.35 bits per heavy atom. The van der Waals surface area contributed by atoms with E-state index < -0.39 is 29.0 Å². The van der Waals surface area contributed by atoms with E-state index in [1.807, 2.05) is 20.8 Å². The molecule has 1 saturated heterocycles. The van der Waals surface area contributed by atoms with E-state index in [1.54, 1.807) is 0 Å². The second-order valence-corrected chi connectivity index (χ2v) is 9.04. The van der Waals surface area contributed by atoms with Gasteiger partial charge in [0.25, 0.3) is 17.4 Å². The first-order valence-corrected chi connectivity index (χ1v) is 9.22. The number of hydrazine groups is 1. The number of hydrogen-bond acceptors (Lipinski definition) is 4. The number of halogens is 2. The van der Waals surface area contributed by atoms with Crippen molar-refractivity contribution in [3.63, 3.8) is 0 Å². The fraction of sp³-hybridized carbons (Fsp3) is 0.824. The predicted molar refractivity (Wildman–Crippen MR) is 95.7 cm³/mol. The number of carbonyl (C=O) groups is 3. The highest BCUT2D eigenvalue weighted by Crippen LogP contribution is 2.62. The Morgan fingerprint density at radius 3 is 2.42 bits per heavy atom. The zero-order chi connectivity index (χ0) is 19.9. The minimum Gasteiger partial charge on any atom is -0.351 e. The molecule has 0 bridgehead atoms. The van der Waals surface area contributed by atoms with E-state index in [9.17, 15) is 18.8 Å². The fourth-order valence-corrected chi connectivity index (χ4v) is 3.83. The zero-order valence-corrected chi connectivity index (χ0v) is 16.6. The molecular formula is C17H28ClFN4O3. The monoisotopic (exact) mass is 390 g/mol. The average molecular weight is 391 g/mol. The lowest BCUT2D eigenvalue weighted by atomic mass is 10.0. The normalized spacial score (nSPS) is 27.3. The summed E-state index contributed by atoms with van der Waals surface area (Å²) in [5, 5.41) is 6.67. The minimum atomic E-state index is -2.29. The van der Waals surface area contributed by atoms with E-state index in [0.29, 0.717) is 5.92 Å². The molecule has 0 aromatic carbocycles. The van der Waals surface area contributed by atoms with Gasteiger partial charge >= 0.3 is 0 Å². The van der Waals surface area contributed by atoms with Crippen molar-refractivity contribution in [3.8, 4) is 0 Å². The highest BCUT2D eigenvalue weighted by molar-refractivity contribution is 6.29. The number of nitrogens with one attached hydrogen (secondary N) is 3. The molecule has 0 spiro atoms. The van der Waals surface area contributed by atoms with Crippen LogP contribution < -0.4 is 16.1 Å². The van der Waals surface area contributed by atoms with Gasteiger partial charge < -0.3 is 10.6 Å². The molecule has 9 heteroatoms. The van der Waals surface area contributed by atoms with Crippen LogP contribution in [0.3, 0.4) is 0 Å². The van der Waals surface area contributed by atoms with Crippen LogP contribution in [-0.4, -0.2) is 53.0 Å². The molecule has 0 aromatic rings. The van der Waals surface area contributed by atoms with Gasteiger partial charge in [-0.05, 0) is 44.6 Å². The highest BCUT2D eigenvalue weighted by Gasteiger charge is 2.65. The quantitative estimate of drug-likeness (QED) is 0.481. The molecule has 1 aliphatic carbocycles. The van der Waals surface area contributed by atoms with Gasteiger partial charge in [0.15, 0.2) is 0 Å². The smallest absolute Gasteiger partial charge is 0.291 e. The van der Waals surface area contributed by atoms with Crippen LogP contribution in [-0.2, 0) is 14.4 Å². The van der Waals surface area contributed by atoms with Crippen molar-refractivity contribution in [1.82, 2.24) is 21.1 Å². The summed E-state index contributed by atoms with van der Waals surface area (Å²) in [7, 11) is 0. The van der Waals surface area contributed by atoms with Crippen LogP contribution in [0.2, 0.25) is 0 Å². The van der Waals surface area contributed by atoms with Crippen LogP contribution in [0.15, 0.2) is 0 Å². The van der Waals surface area contributed by atoms with Crippen LogP contribution in [0, 0.1) is 17.3 Å². The van der Waals surface area contributed by atoms with Crippen molar-refractivity contribution in [1.29, 1.82) is 0 Å². The van der Waals surface area contributed by atoms with Crippen LogP contribution in [0.25, 0.3) is 0 Å². The summed E-state index contributed by atoms with van der Waals surface area (Å²) < 4.78 is 13.3. The maximum absolute atomic E-state index is 13.3. The Bertz CT molecular complexity index is 591. The third-order valence-corrected chi connectivity index (χ3v) is 5.30. The molecule has 7 nitrogen and oxygen atoms in total. The topological polar surface area (TPSA) is 90.5 Å². The van der Waals surface area contributed by atoms with E-state index in [0.717, 1.165) is 11.6 Å². The molecule has 148 valence electrons. The number of rotatable bonds is 5. The summed E-state index contributed by atoms with van der Waals surface area (Å²) in [4.78, 5) is 36.5. The van der Waals surface area contributed by atoms with Gasteiger partial charge in [0, 0.05) is 12.0 Å². The minimum absolute atomic E-state index is 0.0732. The van der Waals surface area contributed by atoms with Crippen molar-refractivity contribution in [3.05, 3.63) is 0 Å². The summed E-state index contributed by atoms with van der Waals surface area (Å²) in [6, 6.07) is -0.443. The maximum atomic E-state index is 13.3. The second kappa shape index (κ2) is 7.31. The van der Waals surface area contributed by atoms with Gasteiger partial charge in [-0.3, -0.25) is 19.8 Å². The Morgan fingerprint density at radius 2 is 1.96 bits per heavy atom. The number of amides is 3. The molecule has 1 saturated carbocycles. The van der Waals surface area contributed by atoms with Crippen LogP contribution in [0.1, 0.15) is 41.0 Å². The number of alkyl halides is 2. The lowest BCUT2D eigenvalue weighted by Crippen LogP contribution is -2.55. The molecule has 26 heavy (non-hydrogen) atoms. The number of hydrogen-bond donors (Lipinski definition) is 3. The molecule has 1 aliphatic heterocycles. The maximum Gasteiger partial charge on any atom is 0.291 e. The van der Waals surface area contributed by atoms with Crippen LogP contribution in [0.5, 0.6) is 0 Å². The molecule has 4 atom stereocenters. The SMILES string of the molecule is CC(C)(C)NC(=O)CCN(NC(=O)[C@H]1NCC2C1C2(C)C)C(=O)C(F)Cl. The number of piperidine rings is 1. The predicted octanol–water partition coefficient (Wildman–Crippen LogP) is 0.929. The standard InChI is InChI=1S/C17H28ClFN4O3/c1-16(2,3)21-10(24)6-7-23(15(26)13(18)19)22-14(25)12-11-9(8-20-12)17(11,4)5/h9,11-13,20H,6-8H2,1-5H3,(H,21,24)(H,22,25)/t9?,11?,12-,13?/m0/s1. The van der Waals surface area contributed by atoms with Gasteiger partial charge in [-0.25, -0.2) is 9.40 Å². The average Bonchev–Trinajstić information content (AvgIpc) is 2.87. The molecule has 3 unspecified atom stereocenters. The molecular weight excluding hydrogens is 363 g/mol. The summed E-state index contributed by atoms with van der Waals surface area (Å²) in [5.41, 5.74) is -0.211. The summed E-state index contributed by atoms with van der Waals surface area (Å²) >= 11 is 5.24. The van der Waals surface area contributed by atoms with Crippen LogP contribution in [0.4, 0.5) is 4.39 Å². The van der Waals surface area contributed by atoms with Crippen molar-refractivity contribution in [2.24, 2.45) is 17.3 Å². The van der Waals surface area contributed by atoms with E-state index in [-0.39, 0.29) is 30.2 Å². The van der Waals surface area contributed by atoms with Gasteiger partial charge in [0.1, 0.15) is 0 Å². The molecule has 3 N–H and O–H groups in total. The number of nitrogens with zero attached hydrogens (tertiary/aromatic N) is 1. The van der Waals surface area contributed by atoms with E-state index in [4.69, 9.17) is 11.6 Å². The number of fused-ring (bicyclic) bond motifs is 1. The van der Waals surface area contributed by atoms with Gasteiger partial charge in [-0.1, -0.05) is 25.4 Å². The molecule has 2 aliphatic rings. The van der Waals surface area contributed by atoms with Gasteiger partial charge in [0.2, 0.25) is 5.91 Å².